The molecule has 0 fully saturated rings. The van der Waals surface area contributed by atoms with Gasteiger partial charge in [0.25, 0.3) is 5.69 Å². The van der Waals surface area contributed by atoms with Gasteiger partial charge in [-0.25, -0.2) is 0 Å². The van der Waals surface area contributed by atoms with E-state index in [0.717, 1.165) is 31.6 Å². The minimum atomic E-state index is -0.423. The molecular weight excluding hydrogens is 222 g/mol. The van der Waals surface area contributed by atoms with Crippen LogP contribution in [-0.2, 0) is 13.0 Å². The molecule has 0 atom stereocenters. The number of aromatic amines is 1. The minimum absolute atomic E-state index is 0.0492. The van der Waals surface area contributed by atoms with Crippen molar-refractivity contribution < 1.29 is 4.92 Å². The van der Waals surface area contributed by atoms with E-state index in [1.807, 2.05) is 4.57 Å². The van der Waals surface area contributed by atoms with Gasteiger partial charge in [-0.3, -0.25) is 10.1 Å². The lowest BCUT2D eigenvalue weighted by atomic mass is 10.1. The van der Waals surface area contributed by atoms with E-state index >= 15 is 0 Å². The Bertz CT molecular complexity index is 571. The number of aromatic nitrogens is 4. The third-order valence-electron chi connectivity index (χ3n) is 2.98. The number of nitrogens with zero attached hydrogens (tertiary/aromatic N) is 4. The molecule has 88 valence electrons. The summed E-state index contributed by atoms with van der Waals surface area (Å²) in [6, 6.07) is 1.49. The summed E-state index contributed by atoms with van der Waals surface area (Å²) < 4.78 is 2.03. The highest BCUT2D eigenvalue weighted by Gasteiger charge is 2.19. The first-order chi connectivity index (χ1) is 8.25. The fourth-order valence-electron chi connectivity index (χ4n) is 2.12. The Kier molecular flexibility index (Phi) is 2.17. The van der Waals surface area contributed by atoms with Gasteiger partial charge in [0.05, 0.1) is 16.8 Å². The Hall–Kier alpha value is -2.18. The first-order valence-electron chi connectivity index (χ1n) is 5.51. The van der Waals surface area contributed by atoms with Gasteiger partial charge in [0.2, 0.25) is 0 Å². The zero-order valence-electron chi connectivity index (χ0n) is 9.09. The summed E-state index contributed by atoms with van der Waals surface area (Å²) in [6.45, 7) is 0.879. The molecule has 2 aromatic heterocycles. The van der Waals surface area contributed by atoms with Crippen molar-refractivity contribution in [2.45, 2.75) is 25.8 Å². The Balaban J connectivity index is 2.03. The highest BCUT2D eigenvalue weighted by molar-refractivity contribution is 5.55. The summed E-state index contributed by atoms with van der Waals surface area (Å²) >= 11 is 0. The van der Waals surface area contributed by atoms with Crippen LogP contribution in [0.4, 0.5) is 5.69 Å². The molecule has 1 aliphatic rings. The number of fused-ring (bicyclic) bond motifs is 1. The van der Waals surface area contributed by atoms with Crippen LogP contribution in [0.2, 0.25) is 0 Å². The molecule has 3 rings (SSSR count). The van der Waals surface area contributed by atoms with Gasteiger partial charge in [-0.2, -0.15) is 0 Å². The summed E-state index contributed by atoms with van der Waals surface area (Å²) in [5, 5.41) is 18.8. The molecule has 17 heavy (non-hydrogen) atoms. The summed E-state index contributed by atoms with van der Waals surface area (Å²) in [5.41, 5.74) is 0.700. The Morgan fingerprint density at radius 1 is 1.41 bits per heavy atom. The third-order valence-corrected chi connectivity index (χ3v) is 2.98. The third kappa shape index (κ3) is 1.59. The number of H-pyrrole nitrogens is 1. The predicted molar refractivity (Wildman–Crippen MR) is 59.4 cm³/mol. The molecule has 7 nitrogen and oxygen atoms in total. The lowest BCUT2D eigenvalue weighted by Crippen LogP contribution is -2.11. The summed E-state index contributed by atoms with van der Waals surface area (Å²) in [7, 11) is 0. The van der Waals surface area contributed by atoms with Crippen LogP contribution in [0.3, 0.4) is 0 Å². The predicted octanol–water partition coefficient (Wildman–Crippen LogP) is 1.52. The molecule has 7 heteroatoms. The van der Waals surface area contributed by atoms with Crippen LogP contribution in [0.5, 0.6) is 0 Å². The lowest BCUT2D eigenvalue weighted by molar-refractivity contribution is -0.384. The molecule has 3 heterocycles. The number of nitrogens with one attached hydrogen (secondary N) is 1. The van der Waals surface area contributed by atoms with E-state index < -0.39 is 4.92 Å². The molecule has 0 aromatic carbocycles. The fourth-order valence-corrected chi connectivity index (χ4v) is 2.12. The van der Waals surface area contributed by atoms with Gasteiger partial charge in [-0.15, -0.1) is 10.2 Å². The number of hydrogen-bond donors (Lipinski definition) is 1. The second-order valence-electron chi connectivity index (χ2n) is 4.08. The van der Waals surface area contributed by atoms with Crippen LogP contribution >= 0.6 is 0 Å². The molecule has 0 saturated carbocycles. The number of hydrogen-bond acceptors (Lipinski definition) is 4. The highest BCUT2D eigenvalue weighted by atomic mass is 16.6. The van der Waals surface area contributed by atoms with E-state index in [9.17, 15) is 10.1 Å². The molecule has 0 unspecified atom stereocenters. The van der Waals surface area contributed by atoms with Gasteiger partial charge >= 0.3 is 0 Å². The first kappa shape index (κ1) is 10.0. The van der Waals surface area contributed by atoms with Crippen LogP contribution < -0.4 is 0 Å². The Labute approximate surface area is 96.6 Å². The van der Waals surface area contributed by atoms with Crippen molar-refractivity contribution in [3.05, 3.63) is 28.2 Å². The second-order valence-corrected chi connectivity index (χ2v) is 4.08. The lowest BCUT2D eigenvalue weighted by Gasteiger charge is -2.13. The topological polar surface area (TPSA) is 89.6 Å². The monoisotopic (exact) mass is 233 g/mol. The van der Waals surface area contributed by atoms with Gasteiger partial charge in [-0.1, -0.05) is 0 Å². The maximum absolute atomic E-state index is 10.6. The normalized spacial score (nSPS) is 14.6. The number of rotatable bonds is 2. The van der Waals surface area contributed by atoms with E-state index in [4.69, 9.17) is 0 Å². The second kappa shape index (κ2) is 3.69. The van der Waals surface area contributed by atoms with E-state index in [2.05, 4.69) is 15.2 Å². The maximum Gasteiger partial charge on any atom is 0.287 e. The summed E-state index contributed by atoms with van der Waals surface area (Å²) in [4.78, 5) is 13.1. The highest BCUT2D eigenvalue weighted by Crippen LogP contribution is 2.24. The van der Waals surface area contributed by atoms with Gasteiger partial charge in [-0.05, 0) is 12.8 Å². The smallest absolute Gasteiger partial charge is 0.287 e. The first-order valence-corrected chi connectivity index (χ1v) is 5.51. The van der Waals surface area contributed by atoms with Crippen molar-refractivity contribution in [3.63, 3.8) is 0 Å². The summed E-state index contributed by atoms with van der Waals surface area (Å²) in [5.74, 6) is 1.65. The van der Waals surface area contributed by atoms with Crippen molar-refractivity contribution in [2.75, 3.05) is 0 Å². The molecule has 0 spiro atoms. The molecule has 0 amide bonds. The van der Waals surface area contributed by atoms with Crippen molar-refractivity contribution >= 4 is 5.69 Å². The van der Waals surface area contributed by atoms with Crippen molar-refractivity contribution in [1.29, 1.82) is 0 Å². The van der Waals surface area contributed by atoms with Crippen LogP contribution in [0.25, 0.3) is 11.5 Å². The Morgan fingerprint density at radius 2 is 2.29 bits per heavy atom. The molecule has 0 bridgehead atoms. The van der Waals surface area contributed by atoms with Gasteiger partial charge in [0, 0.05) is 19.0 Å². The number of aryl methyl sites for hydroxylation is 1. The molecular formula is C10H11N5O2. The van der Waals surface area contributed by atoms with Crippen LogP contribution in [0.1, 0.15) is 18.7 Å². The molecule has 2 aromatic rings. The standard InChI is InChI=1S/C10H11N5O2/c16-15(17)7-5-8(11-6-7)10-13-12-9-3-1-2-4-14(9)10/h5-6,11H,1-4H2. The fraction of sp³-hybridized carbons (Fsp3) is 0.400. The van der Waals surface area contributed by atoms with Crippen molar-refractivity contribution in [2.24, 2.45) is 0 Å². The molecule has 1 aliphatic heterocycles. The molecule has 1 N–H and O–H groups in total. The zero-order valence-corrected chi connectivity index (χ0v) is 9.09. The molecule has 0 saturated heterocycles. The summed E-state index contributed by atoms with van der Waals surface area (Å²) in [6.07, 6.45) is 4.53. The van der Waals surface area contributed by atoms with E-state index in [1.54, 1.807) is 0 Å². The quantitative estimate of drug-likeness (QED) is 0.629. The SMILES string of the molecule is O=[N+]([O-])c1c[nH]c(-c2nnc3n2CCCC3)c1. The average Bonchev–Trinajstić information content (AvgIpc) is 2.95. The Morgan fingerprint density at radius 3 is 3.06 bits per heavy atom. The van der Waals surface area contributed by atoms with E-state index in [0.29, 0.717) is 11.5 Å². The minimum Gasteiger partial charge on any atom is -0.353 e. The molecule has 0 aliphatic carbocycles. The maximum atomic E-state index is 10.6. The van der Waals surface area contributed by atoms with Crippen molar-refractivity contribution in [3.8, 4) is 11.5 Å². The largest absolute Gasteiger partial charge is 0.353 e. The van der Waals surface area contributed by atoms with E-state index in [1.165, 1.54) is 12.3 Å². The zero-order chi connectivity index (χ0) is 11.8. The van der Waals surface area contributed by atoms with Crippen LogP contribution in [0.15, 0.2) is 12.3 Å². The van der Waals surface area contributed by atoms with Crippen molar-refractivity contribution in [1.82, 2.24) is 19.7 Å². The average molecular weight is 233 g/mol. The molecule has 0 radical (unpaired) electrons. The van der Waals surface area contributed by atoms with Crippen LogP contribution in [0, 0.1) is 10.1 Å². The van der Waals surface area contributed by atoms with Gasteiger partial charge < -0.3 is 9.55 Å². The van der Waals surface area contributed by atoms with Gasteiger partial charge in [0.1, 0.15) is 5.82 Å². The number of nitro groups is 1. The van der Waals surface area contributed by atoms with E-state index in [-0.39, 0.29) is 5.69 Å². The van der Waals surface area contributed by atoms with Gasteiger partial charge in [0.15, 0.2) is 5.82 Å². The van der Waals surface area contributed by atoms with Crippen LogP contribution in [-0.4, -0.2) is 24.7 Å².